The van der Waals surface area contributed by atoms with Gasteiger partial charge in [0.2, 0.25) is 5.91 Å². The Morgan fingerprint density at radius 2 is 1.63 bits per heavy atom. The SMILES string of the molecule is O=C(CN1C(Cc2ccccc2)=C(Br)C(=O)NS1(=O)=O)Nc1ccccc1. The maximum atomic E-state index is 12.5. The van der Waals surface area contributed by atoms with Crippen LogP contribution in [0, 0.1) is 0 Å². The number of para-hydroxylation sites is 1. The van der Waals surface area contributed by atoms with Gasteiger partial charge in [0.1, 0.15) is 11.0 Å². The molecular weight excluding hydrogens is 434 g/mol. The van der Waals surface area contributed by atoms with Crippen molar-refractivity contribution in [2.45, 2.75) is 6.42 Å². The van der Waals surface area contributed by atoms with E-state index < -0.39 is 28.6 Å². The predicted octanol–water partition coefficient (Wildman–Crippen LogP) is 2.15. The zero-order valence-electron chi connectivity index (χ0n) is 14.1. The first kappa shape index (κ1) is 19.1. The summed E-state index contributed by atoms with van der Waals surface area (Å²) in [6.45, 7) is -0.464. The van der Waals surface area contributed by atoms with Crippen molar-refractivity contribution in [3.63, 3.8) is 0 Å². The van der Waals surface area contributed by atoms with Crippen molar-refractivity contribution in [2.75, 3.05) is 11.9 Å². The first-order valence-electron chi connectivity index (χ1n) is 7.99. The fourth-order valence-corrected chi connectivity index (χ4v) is 4.47. The number of carbonyl (C=O) groups excluding carboxylic acids is 2. The number of amides is 2. The van der Waals surface area contributed by atoms with Crippen LogP contribution in [0.4, 0.5) is 5.69 Å². The molecule has 0 saturated carbocycles. The average molecular weight is 450 g/mol. The quantitative estimate of drug-likeness (QED) is 0.730. The van der Waals surface area contributed by atoms with Crippen molar-refractivity contribution in [2.24, 2.45) is 0 Å². The smallest absolute Gasteiger partial charge is 0.325 e. The molecule has 140 valence electrons. The van der Waals surface area contributed by atoms with Gasteiger partial charge in [-0.2, -0.15) is 8.42 Å². The van der Waals surface area contributed by atoms with Crippen LogP contribution >= 0.6 is 15.9 Å². The summed E-state index contributed by atoms with van der Waals surface area (Å²) < 4.78 is 27.9. The minimum atomic E-state index is -4.18. The molecule has 0 bridgehead atoms. The average Bonchev–Trinajstić information content (AvgIpc) is 2.64. The first-order valence-corrected chi connectivity index (χ1v) is 10.2. The summed E-state index contributed by atoms with van der Waals surface area (Å²) in [5, 5.41) is 2.64. The highest BCUT2D eigenvalue weighted by molar-refractivity contribution is 9.12. The van der Waals surface area contributed by atoms with E-state index in [2.05, 4.69) is 21.2 Å². The summed E-state index contributed by atoms with van der Waals surface area (Å²) >= 11 is 3.16. The van der Waals surface area contributed by atoms with Crippen LogP contribution in [0.25, 0.3) is 0 Å². The Morgan fingerprint density at radius 3 is 2.26 bits per heavy atom. The fourth-order valence-electron chi connectivity index (χ4n) is 2.59. The van der Waals surface area contributed by atoms with E-state index in [0.29, 0.717) is 5.69 Å². The largest absolute Gasteiger partial charge is 0.326 e. The second-order valence-electron chi connectivity index (χ2n) is 5.78. The highest BCUT2D eigenvalue weighted by Gasteiger charge is 2.36. The van der Waals surface area contributed by atoms with Gasteiger partial charge in [0.25, 0.3) is 5.91 Å². The zero-order valence-corrected chi connectivity index (χ0v) is 16.5. The minimum absolute atomic E-state index is 0.0775. The molecule has 0 aromatic heterocycles. The molecule has 1 aliphatic rings. The molecule has 0 radical (unpaired) electrons. The lowest BCUT2D eigenvalue weighted by Gasteiger charge is -2.31. The minimum Gasteiger partial charge on any atom is -0.325 e. The van der Waals surface area contributed by atoms with E-state index >= 15 is 0 Å². The number of rotatable bonds is 5. The molecule has 0 unspecified atom stereocenters. The lowest BCUT2D eigenvalue weighted by atomic mass is 10.1. The molecule has 9 heteroatoms. The maximum Gasteiger partial charge on any atom is 0.326 e. The molecule has 2 N–H and O–H groups in total. The molecule has 0 saturated heterocycles. The molecule has 0 atom stereocenters. The fraction of sp³-hybridized carbons (Fsp3) is 0.111. The molecule has 1 aliphatic heterocycles. The van der Waals surface area contributed by atoms with Gasteiger partial charge in [0, 0.05) is 12.1 Å². The Hall–Kier alpha value is -2.65. The van der Waals surface area contributed by atoms with Crippen LogP contribution in [0.15, 0.2) is 70.8 Å². The summed E-state index contributed by atoms with van der Waals surface area (Å²) in [4.78, 5) is 24.4. The topological polar surface area (TPSA) is 95.6 Å². The summed E-state index contributed by atoms with van der Waals surface area (Å²) in [7, 11) is -4.18. The van der Waals surface area contributed by atoms with Gasteiger partial charge in [-0.15, -0.1) is 0 Å². The second kappa shape index (κ2) is 7.93. The summed E-state index contributed by atoms with van der Waals surface area (Å²) in [5.74, 6) is -1.28. The maximum absolute atomic E-state index is 12.5. The molecule has 2 aromatic carbocycles. The van der Waals surface area contributed by atoms with Gasteiger partial charge in [-0.25, -0.2) is 9.03 Å². The highest BCUT2D eigenvalue weighted by atomic mass is 79.9. The van der Waals surface area contributed by atoms with Gasteiger partial charge in [0.15, 0.2) is 0 Å². The number of nitrogens with zero attached hydrogens (tertiary/aromatic N) is 1. The number of carbonyl (C=O) groups is 2. The van der Waals surface area contributed by atoms with Gasteiger partial charge in [0.05, 0.1) is 5.70 Å². The predicted molar refractivity (Wildman–Crippen MR) is 105 cm³/mol. The van der Waals surface area contributed by atoms with Crippen LogP contribution in [0.3, 0.4) is 0 Å². The van der Waals surface area contributed by atoms with Crippen molar-refractivity contribution in [3.05, 3.63) is 76.4 Å². The van der Waals surface area contributed by atoms with E-state index in [0.717, 1.165) is 9.87 Å². The van der Waals surface area contributed by atoms with Crippen molar-refractivity contribution in [3.8, 4) is 0 Å². The molecule has 3 rings (SSSR count). The monoisotopic (exact) mass is 449 g/mol. The van der Waals surface area contributed by atoms with Crippen LogP contribution in [0.2, 0.25) is 0 Å². The van der Waals surface area contributed by atoms with Crippen molar-refractivity contribution >= 4 is 43.6 Å². The third kappa shape index (κ3) is 4.55. The second-order valence-corrected chi connectivity index (χ2v) is 8.17. The van der Waals surface area contributed by atoms with Crippen molar-refractivity contribution < 1.29 is 18.0 Å². The van der Waals surface area contributed by atoms with Gasteiger partial charge in [-0.1, -0.05) is 48.5 Å². The molecule has 27 heavy (non-hydrogen) atoms. The van der Waals surface area contributed by atoms with Gasteiger partial charge < -0.3 is 5.32 Å². The molecule has 1 heterocycles. The number of benzene rings is 2. The van der Waals surface area contributed by atoms with Crippen LogP contribution in [-0.4, -0.2) is 31.1 Å². The Labute approximate surface area is 165 Å². The number of allylic oxidation sites excluding steroid dienone is 1. The standard InChI is InChI=1S/C18H16BrN3O4S/c19-17-15(11-13-7-3-1-4-8-13)22(27(25,26)21-18(17)24)12-16(23)20-14-9-5-2-6-10-14/h1-10H,11-12H2,(H,20,23)(H,21,24). The van der Waals surface area contributed by atoms with Crippen LogP contribution in [0.5, 0.6) is 0 Å². The number of hydrogen-bond acceptors (Lipinski definition) is 4. The van der Waals surface area contributed by atoms with Crippen LogP contribution in [-0.2, 0) is 26.2 Å². The molecule has 2 amide bonds. The van der Waals surface area contributed by atoms with Crippen LogP contribution in [0.1, 0.15) is 5.56 Å². The molecule has 0 aliphatic carbocycles. The molecule has 2 aromatic rings. The van der Waals surface area contributed by atoms with Crippen LogP contribution < -0.4 is 10.0 Å². The Bertz CT molecular complexity index is 992. The lowest BCUT2D eigenvalue weighted by molar-refractivity contribution is -0.117. The van der Waals surface area contributed by atoms with E-state index in [-0.39, 0.29) is 16.6 Å². The van der Waals surface area contributed by atoms with Gasteiger partial charge in [-0.3, -0.25) is 9.59 Å². The van der Waals surface area contributed by atoms with E-state index in [4.69, 9.17) is 0 Å². The molecule has 7 nitrogen and oxygen atoms in total. The summed E-state index contributed by atoms with van der Waals surface area (Å²) in [6.07, 6.45) is 0.173. The highest BCUT2D eigenvalue weighted by Crippen LogP contribution is 2.27. The number of hydrogen-bond donors (Lipinski definition) is 2. The molecule has 0 spiro atoms. The Morgan fingerprint density at radius 1 is 1.04 bits per heavy atom. The lowest BCUT2D eigenvalue weighted by Crippen LogP contribution is -2.50. The normalized spacial score (nSPS) is 16.0. The third-order valence-electron chi connectivity index (χ3n) is 3.82. The number of anilines is 1. The molecule has 0 fully saturated rings. The van der Waals surface area contributed by atoms with Gasteiger partial charge in [-0.05, 0) is 33.6 Å². The molecular formula is C18H16BrN3O4S. The van der Waals surface area contributed by atoms with E-state index in [1.165, 1.54) is 0 Å². The Balaban J connectivity index is 1.88. The van der Waals surface area contributed by atoms with E-state index in [9.17, 15) is 18.0 Å². The number of nitrogens with one attached hydrogen (secondary N) is 2. The summed E-state index contributed by atoms with van der Waals surface area (Å²) in [5.41, 5.74) is 1.56. The van der Waals surface area contributed by atoms with Crippen molar-refractivity contribution in [1.82, 2.24) is 9.03 Å². The Kier molecular flexibility index (Phi) is 5.62. The van der Waals surface area contributed by atoms with E-state index in [1.54, 1.807) is 30.3 Å². The number of halogens is 1. The third-order valence-corrected chi connectivity index (χ3v) is 6.02. The zero-order chi connectivity index (χ0) is 19.4. The summed E-state index contributed by atoms with van der Waals surface area (Å²) in [6, 6.07) is 17.8. The first-order chi connectivity index (χ1) is 12.9. The van der Waals surface area contributed by atoms with Gasteiger partial charge >= 0.3 is 10.2 Å². The van der Waals surface area contributed by atoms with E-state index in [1.807, 2.05) is 35.1 Å². The van der Waals surface area contributed by atoms with Crippen molar-refractivity contribution in [1.29, 1.82) is 0 Å².